The second kappa shape index (κ2) is 7.48. The first-order valence-corrected chi connectivity index (χ1v) is 12.8. The molecule has 0 bridgehead atoms. The zero-order chi connectivity index (χ0) is 23.6. The molecule has 4 heterocycles. The number of aromatic nitrogens is 3. The number of hydrogen-bond donors (Lipinski definition) is 0. The van der Waals surface area contributed by atoms with Crippen molar-refractivity contribution in [3.63, 3.8) is 0 Å². The second-order valence-corrected chi connectivity index (χ2v) is 10.1. The number of nitrogens with zero attached hydrogens (tertiary/aromatic N) is 3. The number of hydrogen-bond acceptors (Lipinski definition) is 3. The molecule has 8 aromatic rings. The molecule has 4 aromatic heterocycles. The molecule has 0 atom stereocenters. The highest BCUT2D eigenvalue weighted by molar-refractivity contribution is 7.26. The molecule has 3 nitrogen and oxygen atoms in total. The monoisotopic (exact) mass is 477 g/mol. The standard InChI is InChI=1S/C32H19N3S/c1-3-14-26-23(11-1)28-25-13-7-17-34-30(25)32-29(24-12-2-4-15-27(24)36-32)31(28)35(26)22-10-5-8-20(18-22)21-9-6-16-33-19-21/h1-19H. The Kier molecular flexibility index (Phi) is 4.10. The van der Waals surface area contributed by atoms with Crippen LogP contribution in [0.3, 0.4) is 0 Å². The topological polar surface area (TPSA) is 30.7 Å². The maximum atomic E-state index is 4.89. The number of benzene rings is 4. The van der Waals surface area contributed by atoms with Gasteiger partial charge in [0.15, 0.2) is 0 Å². The van der Waals surface area contributed by atoms with Gasteiger partial charge in [-0.25, -0.2) is 0 Å². The van der Waals surface area contributed by atoms with Crippen molar-refractivity contribution in [2.75, 3.05) is 0 Å². The van der Waals surface area contributed by atoms with Crippen molar-refractivity contribution in [1.29, 1.82) is 0 Å². The Morgan fingerprint density at radius 3 is 2.36 bits per heavy atom. The first kappa shape index (κ1) is 19.7. The fourth-order valence-corrected chi connectivity index (χ4v) is 6.83. The normalized spacial score (nSPS) is 11.9. The van der Waals surface area contributed by atoms with Crippen LogP contribution in [0.4, 0.5) is 0 Å². The van der Waals surface area contributed by atoms with Gasteiger partial charge in [0.25, 0.3) is 0 Å². The van der Waals surface area contributed by atoms with Crippen LogP contribution in [0.1, 0.15) is 0 Å². The Morgan fingerprint density at radius 1 is 0.639 bits per heavy atom. The molecule has 0 unspecified atom stereocenters. The highest BCUT2D eigenvalue weighted by Crippen LogP contribution is 2.47. The summed E-state index contributed by atoms with van der Waals surface area (Å²) in [5.74, 6) is 0. The number of para-hydroxylation sites is 1. The van der Waals surface area contributed by atoms with E-state index in [9.17, 15) is 0 Å². The van der Waals surface area contributed by atoms with E-state index in [1.807, 2.05) is 36.0 Å². The molecule has 0 N–H and O–H groups in total. The molecule has 8 rings (SSSR count). The molecule has 0 fully saturated rings. The molecular weight excluding hydrogens is 458 g/mol. The fraction of sp³-hybridized carbons (Fsp3) is 0. The SMILES string of the molecule is c1cncc(-c2cccc(-n3c4ccccc4c4c5cccnc5c5sc6ccccc6c5c43)c2)c1. The molecule has 168 valence electrons. The Labute approximate surface area is 210 Å². The molecule has 4 aromatic carbocycles. The minimum absolute atomic E-state index is 1.08. The summed E-state index contributed by atoms with van der Waals surface area (Å²) < 4.78 is 4.97. The van der Waals surface area contributed by atoms with Gasteiger partial charge in [-0.3, -0.25) is 9.97 Å². The molecule has 0 radical (unpaired) electrons. The van der Waals surface area contributed by atoms with Gasteiger partial charge in [0, 0.05) is 61.5 Å². The summed E-state index contributed by atoms with van der Waals surface area (Å²) in [7, 11) is 0. The molecule has 0 spiro atoms. The Morgan fingerprint density at radius 2 is 1.44 bits per heavy atom. The first-order chi connectivity index (χ1) is 17.9. The van der Waals surface area contributed by atoms with Crippen LogP contribution in [-0.2, 0) is 0 Å². The van der Waals surface area contributed by atoms with E-state index in [0.29, 0.717) is 0 Å². The fourth-order valence-electron chi connectivity index (χ4n) is 5.61. The van der Waals surface area contributed by atoms with Crippen molar-refractivity contribution in [3.05, 3.63) is 116 Å². The first-order valence-electron chi connectivity index (χ1n) is 12.0. The predicted molar refractivity (Wildman–Crippen MR) is 152 cm³/mol. The van der Waals surface area contributed by atoms with Gasteiger partial charge in [-0.1, -0.05) is 60.7 Å². The van der Waals surface area contributed by atoms with E-state index in [-0.39, 0.29) is 0 Å². The van der Waals surface area contributed by atoms with Crippen LogP contribution in [0.2, 0.25) is 0 Å². The lowest BCUT2D eigenvalue weighted by Gasteiger charge is -2.12. The molecule has 0 saturated carbocycles. The predicted octanol–water partition coefficient (Wildman–Crippen LogP) is 8.76. The number of thiophene rings is 1. The average molecular weight is 478 g/mol. The van der Waals surface area contributed by atoms with Crippen LogP contribution in [0.5, 0.6) is 0 Å². The van der Waals surface area contributed by atoms with Gasteiger partial charge in [0.1, 0.15) is 0 Å². The van der Waals surface area contributed by atoms with E-state index < -0.39 is 0 Å². The molecule has 0 aliphatic carbocycles. The molecule has 0 aliphatic heterocycles. The van der Waals surface area contributed by atoms with Gasteiger partial charge >= 0.3 is 0 Å². The van der Waals surface area contributed by atoms with Crippen molar-refractivity contribution in [1.82, 2.24) is 14.5 Å². The molecule has 0 aliphatic rings. The highest BCUT2D eigenvalue weighted by atomic mass is 32.1. The van der Waals surface area contributed by atoms with Crippen molar-refractivity contribution in [2.45, 2.75) is 0 Å². The summed E-state index contributed by atoms with van der Waals surface area (Å²) >= 11 is 1.84. The Hall–Kier alpha value is -4.54. The largest absolute Gasteiger partial charge is 0.309 e. The van der Waals surface area contributed by atoms with Crippen LogP contribution in [-0.4, -0.2) is 14.5 Å². The van der Waals surface area contributed by atoms with E-state index in [0.717, 1.165) is 22.3 Å². The summed E-state index contributed by atoms with van der Waals surface area (Å²) in [6, 6.07) is 34.6. The van der Waals surface area contributed by atoms with Gasteiger partial charge in [0.05, 0.1) is 21.3 Å². The highest BCUT2D eigenvalue weighted by Gasteiger charge is 2.22. The summed E-state index contributed by atoms with van der Waals surface area (Å²) in [5.41, 5.74) is 6.92. The van der Waals surface area contributed by atoms with Crippen LogP contribution in [0.15, 0.2) is 116 Å². The minimum atomic E-state index is 1.08. The zero-order valence-electron chi connectivity index (χ0n) is 19.2. The van der Waals surface area contributed by atoms with Crippen LogP contribution in [0, 0.1) is 0 Å². The molecule has 0 amide bonds. The number of rotatable bonds is 2. The molecule has 36 heavy (non-hydrogen) atoms. The maximum Gasteiger partial charge on any atom is 0.0888 e. The Bertz CT molecular complexity index is 2100. The lowest BCUT2D eigenvalue weighted by Crippen LogP contribution is -1.95. The van der Waals surface area contributed by atoms with Crippen LogP contribution in [0.25, 0.3) is 69.7 Å². The van der Waals surface area contributed by atoms with Gasteiger partial charge in [-0.2, -0.15) is 0 Å². The third kappa shape index (κ3) is 2.67. The molecular formula is C32H19N3S. The van der Waals surface area contributed by atoms with Gasteiger partial charge in [0.2, 0.25) is 0 Å². The second-order valence-electron chi connectivity index (χ2n) is 9.07. The minimum Gasteiger partial charge on any atom is -0.309 e. The quantitative estimate of drug-likeness (QED) is 0.249. The van der Waals surface area contributed by atoms with Crippen LogP contribution >= 0.6 is 11.3 Å². The summed E-state index contributed by atoms with van der Waals surface area (Å²) in [6.45, 7) is 0. The van der Waals surface area contributed by atoms with Crippen molar-refractivity contribution < 1.29 is 0 Å². The lowest BCUT2D eigenvalue weighted by molar-refractivity contribution is 1.19. The van der Waals surface area contributed by atoms with E-state index in [1.54, 1.807) is 0 Å². The van der Waals surface area contributed by atoms with E-state index >= 15 is 0 Å². The average Bonchev–Trinajstić information content (AvgIpc) is 3.50. The van der Waals surface area contributed by atoms with E-state index in [4.69, 9.17) is 4.98 Å². The van der Waals surface area contributed by atoms with E-state index in [1.165, 1.54) is 47.4 Å². The Balaban J connectivity index is 1.63. The maximum absolute atomic E-state index is 4.89. The van der Waals surface area contributed by atoms with E-state index in [2.05, 4.69) is 101 Å². The summed E-state index contributed by atoms with van der Waals surface area (Å²) in [5, 5.41) is 6.26. The summed E-state index contributed by atoms with van der Waals surface area (Å²) in [6.07, 6.45) is 5.65. The summed E-state index contributed by atoms with van der Waals surface area (Å²) in [4.78, 5) is 9.23. The third-order valence-corrected chi connectivity index (χ3v) is 8.28. The molecule has 4 heteroatoms. The van der Waals surface area contributed by atoms with Gasteiger partial charge < -0.3 is 4.57 Å². The molecule has 0 saturated heterocycles. The van der Waals surface area contributed by atoms with Crippen molar-refractivity contribution in [3.8, 4) is 16.8 Å². The van der Waals surface area contributed by atoms with Crippen molar-refractivity contribution in [2.24, 2.45) is 0 Å². The van der Waals surface area contributed by atoms with Gasteiger partial charge in [-0.15, -0.1) is 11.3 Å². The lowest BCUT2D eigenvalue weighted by atomic mass is 10.0. The number of fused-ring (bicyclic) bond motifs is 10. The third-order valence-electron chi connectivity index (χ3n) is 7.10. The zero-order valence-corrected chi connectivity index (χ0v) is 20.0. The van der Waals surface area contributed by atoms with Gasteiger partial charge in [-0.05, 0) is 42.0 Å². The smallest absolute Gasteiger partial charge is 0.0888 e. The van der Waals surface area contributed by atoms with Crippen molar-refractivity contribution >= 4 is 64.2 Å². The number of pyridine rings is 2. The van der Waals surface area contributed by atoms with Crippen LogP contribution < -0.4 is 0 Å².